The van der Waals surface area contributed by atoms with E-state index in [1.165, 1.54) is 0 Å². The fourth-order valence-corrected chi connectivity index (χ4v) is 0. The van der Waals surface area contributed by atoms with Gasteiger partial charge < -0.3 is 10.2 Å². The fourth-order valence-electron chi connectivity index (χ4n) is 0. The summed E-state index contributed by atoms with van der Waals surface area (Å²) in [4.78, 5) is 0. The molecule has 0 rings (SSSR count). The Morgan fingerprint density at radius 3 is 0.733 bits per heavy atom. The van der Waals surface area contributed by atoms with Gasteiger partial charge in [0.15, 0.2) is 0 Å². The standard InChI is InChI=1S/C3H8O.C2H6O.6ClH.2Ti/c1-2-3-4;1-2-3;;;;;;;;/h4H,2-3H2,1H3;3H,2H2,1H3;6*1H;;. The predicted molar refractivity (Wildman–Crippen MR) is 73.6 cm³/mol. The van der Waals surface area contributed by atoms with Crippen molar-refractivity contribution in [3.05, 3.63) is 0 Å². The molecule has 0 aromatic carbocycles. The minimum absolute atomic E-state index is 0. The first-order chi connectivity index (χ1) is 3.33. The molecule has 15 heavy (non-hydrogen) atoms. The first kappa shape index (κ1) is 80.7. The summed E-state index contributed by atoms with van der Waals surface area (Å²) in [6.45, 7) is 4.18. The molecule has 10 heteroatoms. The van der Waals surface area contributed by atoms with Crippen LogP contribution in [0.2, 0.25) is 0 Å². The van der Waals surface area contributed by atoms with Crippen LogP contribution in [-0.4, -0.2) is 23.4 Å². The molecule has 0 spiro atoms. The third-order valence-corrected chi connectivity index (χ3v) is 0.224. The molecule has 2 nitrogen and oxygen atoms in total. The van der Waals surface area contributed by atoms with E-state index in [9.17, 15) is 0 Å². The van der Waals surface area contributed by atoms with E-state index in [2.05, 4.69) is 0 Å². The molecule has 0 bridgehead atoms. The Kier molecular flexibility index (Phi) is 642. The Bertz CT molecular complexity index is 35.0. The van der Waals surface area contributed by atoms with Crippen LogP contribution in [-0.2, 0) is 43.4 Å². The van der Waals surface area contributed by atoms with Crippen molar-refractivity contribution >= 4 is 74.4 Å². The van der Waals surface area contributed by atoms with E-state index in [-0.39, 0.29) is 124 Å². The molecule has 0 unspecified atom stereocenters. The number of halogens is 6. The molecule has 0 aromatic heterocycles. The summed E-state index contributed by atoms with van der Waals surface area (Å²) in [6, 6.07) is 0. The summed E-state index contributed by atoms with van der Waals surface area (Å²) in [5.41, 5.74) is 0. The van der Waals surface area contributed by atoms with Gasteiger partial charge in [0.1, 0.15) is 0 Å². The monoisotopic (exact) mass is 418 g/mol. The van der Waals surface area contributed by atoms with Gasteiger partial charge in [0.25, 0.3) is 0 Å². The molecule has 0 heterocycles. The number of hydrogen-bond acceptors (Lipinski definition) is 2. The van der Waals surface area contributed by atoms with Crippen LogP contribution in [0.25, 0.3) is 0 Å². The Morgan fingerprint density at radius 1 is 0.667 bits per heavy atom. The summed E-state index contributed by atoms with van der Waals surface area (Å²) in [5.74, 6) is 0. The summed E-state index contributed by atoms with van der Waals surface area (Å²) >= 11 is 0. The molecule has 0 fully saturated rings. The number of hydrogen-bond donors (Lipinski definition) is 2. The zero-order valence-corrected chi connectivity index (χ0v) is 16.5. The molecule has 0 aliphatic carbocycles. The van der Waals surface area contributed by atoms with E-state index < -0.39 is 0 Å². The van der Waals surface area contributed by atoms with Gasteiger partial charge in [-0.25, -0.2) is 0 Å². The second-order valence-corrected chi connectivity index (χ2v) is 1.04. The second kappa shape index (κ2) is 119. The Hall–Kier alpha value is 3.09. The van der Waals surface area contributed by atoms with Crippen LogP contribution in [0.5, 0.6) is 0 Å². The maximum Gasteiger partial charge on any atom is 0.0428 e. The van der Waals surface area contributed by atoms with E-state index in [1.807, 2.05) is 6.92 Å². The van der Waals surface area contributed by atoms with Crippen LogP contribution in [0.3, 0.4) is 0 Å². The smallest absolute Gasteiger partial charge is 0.0428 e. The Morgan fingerprint density at radius 2 is 0.733 bits per heavy atom. The van der Waals surface area contributed by atoms with Gasteiger partial charge in [-0.15, -0.1) is 74.4 Å². The molecular weight excluding hydrogens is 401 g/mol. The minimum Gasteiger partial charge on any atom is -0.397 e. The molecular formula is C5H20Cl6O2Ti2. The van der Waals surface area contributed by atoms with Crippen LogP contribution in [0, 0.1) is 0 Å². The summed E-state index contributed by atoms with van der Waals surface area (Å²) < 4.78 is 0. The van der Waals surface area contributed by atoms with Crippen LogP contribution >= 0.6 is 74.4 Å². The van der Waals surface area contributed by atoms with Gasteiger partial charge in [-0.3, -0.25) is 0 Å². The fraction of sp³-hybridized carbons (Fsp3) is 1.00. The van der Waals surface area contributed by atoms with Crippen molar-refractivity contribution in [2.75, 3.05) is 13.2 Å². The second-order valence-electron chi connectivity index (χ2n) is 1.04. The number of rotatable bonds is 1. The van der Waals surface area contributed by atoms with E-state index >= 15 is 0 Å². The van der Waals surface area contributed by atoms with Crippen LogP contribution < -0.4 is 0 Å². The topological polar surface area (TPSA) is 40.5 Å². The van der Waals surface area contributed by atoms with E-state index in [0.717, 1.165) is 6.42 Å². The van der Waals surface area contributed by atoms with Crippen molar-refractivity contribution < 1.29 is 53.6 Å². The van der Waals surface area contributed by atoms with E-state index in [4.69, 9.17) is 10.2 Å². The number of aliphatic hydroxyl groups is 2. The Balaban J connectivity index is -0.00000000275. The average molecular weight is 421 g/mol. The predicted octanol–water partition coefficient (Wildman–Crippen LogP) is 2.91. The van der Waals surface area contributed by atoms with Crippen molar-refractivity contribution in [2.24, 2.45) is 0 Å². The van der Waals surface area contributed by atoms with Gasteiger partial charge >= 0.3 is 0 Å². The maximum absolute atomic E-state index is 7.88. The molecule has 0 aliphatic heterocycles. The van der Waals surface area contributed by atoms with Gasteiger partial charge in [-0.1, -0.05) is 6.92 Å². The molecule has 0 saturated heterocycles. The van der Waals surface area contributed by atoms with Crippen molar-refractivity contribution in [1.82, 2.24) is 0 Å². The maximum atomic E-state index is 7.88. The summed E-state index contributed by atoms with van der Waals surface area (Å²) in [7, 11) is 0. The van der Waals surface area contributed by atoms with Crippen molar-refractivity contribution in [2.45, 2.75) is 20.3 Å². The molecule has 102 valence electrons. The third-order valence-electron chi connectivity index (χ3n) is 0.224. The molecule has 0 radical (unpaired) electrons. The van der Waals surface area contributed by atoms with Crippen LogP contribution in [0.4, 0.5) is 0 Å². The van der Waals surface area contributed by atoms with Crippen LogP contribution in [0.15, 0.2) is 0 Å². The first-order valence-electron chi connectivity index (χ1n) is 2.55. The normalized spacial score (nSPS) is 3.20. The van der Waals surface area contributed by atoms with Crippen molar-refractivity contribution in [3.63, 3.8) is 0 Å². The third kappa shape index (κ3) is 233. The van der Waals surface area contributed by atoms with Gasteiger partial charge in [0.2, 0.25) is 0 Å². The Labute approximate surface area is 160 Å². The van der Waals surface area contributed by atoms with Gasteiger partial charge in [0.05, 0.1) is 0 Å². The van der Waals surface area contributed by atoms with E-state index in [0.29, 0.717) is 6.61 Å². The van der Waals surface area contributed by atoms with Crippen LogP contribution in [0.1, 0.15) is 20.3 Å². The quantitative estimate of drug-likeness (QED) is 0.641. The van der Waals surface area contributed by atoms with Gasteiger partial charge in [-0.2, -0.15) is 0 Å². The summed E-state index contributed by atoms with van der Waals surface area (Å²) in [6.07, 6.45) is 0.875. The molecule has 0 aromatic rings. The van der Waals surface area contributed by atoms with Crippen molar-refractivity contribution in [3.8, 4) is 0 Å². The average Bonchev–Trinajstić information content (AvgIpc) is 1.69. The molecule has 0 aliphatic rings. The first-order valence-corrected chi connectivity index (χ1v) is 2.55. The van der Waals surface area contributed by atoms with E-state index in [1.54, 1.807) is 6.92 Å². The SMILES string of the molecule is CCCO.CCO.Cl.Cl.Cl.Cl.Cl.Cl.[Ti].[Ti]. The van der Waals surface area contributed by atoms with Gasteiger partial charge in [-0.05, 0) is 13.3 Å². The largest absolute Gasteiger partial charge is 0.397 e. The summed E-state index contributed by atoms with van der Waals surface area (Å²) in [5, 5.41) is 15.4. The molecule has 0 amide bonds. The molecule has 0 saturated carbocycles. The minimum atomic E-state index is 0. The zero-order valence-electron chi connectivity index (χ0n) is 8.47. The molecule has 2 N–H and O–H groups in total. The van der Waals surface area contributed by atoms with Gasteiger partial charge in [0, 0.05) is 56.6 Å². The van der Waals surface area contributed by atoms with Crippen molar-refractivity contribution in [1.29, 1.82) is 0 Å². The number of aliphatic hydroxyl groups excluding tert-OH is 2. The molecule has 0 atom stereocenters. The zero-order chi connectivity index (χ0) is 6.12.